The second kappa shape index (κ2) is 5.52. The van der Waals surface area contributed by atoms with Crippen LogP contribution in [0.4, 0.5) is 0 Å². The summed E-state index contributed by atoms with van der Waals surface area (Å²) in [4.78, 5) is 8.06. The number of nitrogens with zero attached hydrogens (tertiary/aromatic N) is 1. The zero-order chi connectivity index (χ0) is 13.0. The normalized spacial score (nSPS) is 10.4. The lowest BCUT2D eigenvalue weighted by molar-refractivity contribution is -0.255. The molecule has 1 aromatic heterocycles. The van der Waals surface area contributed by atoms with E-state index in [1.54, 1.807) is 32.4 Å². The summed E-state index contributed by atoms with van der Waals surface area (Å²) in [5.41, 5.74) is 0.747. The third-order valence-electron chi connectivity index (χ3n) is 2.39. The van der Waals surface area contributed by atoms with Gasteiger partial charge in [-0.15, -0.1) is 0 Å². The average molecular weight is 251 g/mol. The fraction of sp³-hybridized carbons (Fsp3) is 0.250. The van der Waals surface area contributed by atoms with Crippen LogP contribution in [-0.4, -0.2) is 24.5 Å². The zero-order valence-corrected chi connectivity index (χ0v) is 10.0. The number of benzene rings is 1. The SMILES string of the molecule is COc1ccc(-c2ncc(COO)o2)cc1OC. The van der Waals surface area contributed by atoms with Crippen molar-refractivity contribution in [1.82, 2.24) is 4.98 Å². The Labute approximate surface area is 104 Å². The van der Waals surface area contributed by atoms with Gasteiger partial charge in [0.1, 0.15) is 6.61 Å². The van der Waals surface area contributed by atoms with E-state index in [2.05, 4.69) is 9.87 Å². The topological polar surface area (TPSA) is 74.0 Å². The number of methoxy groups -OCH3 is 2. The third kappa shape index (κ3) is 2.44. The van der Waals surface area contributed by atoms with E-state index in [-0.39, 0.29) is 6.61 Å². The van der Waals surface area contributed by atoms with Gasteiger partial charge < -0.3 is 13.9 Å². The molecular weight excluding hydrogens is 238 g/mol. The summed E-state index contributed by atoms with van der Waals surface area (Å²) in [6.07, 6.45) is 1.49. The molecule has 1 heterocycles. The fourth-order valence-electron chi connectivity index (χ4n) is 1.54. The Morgan fingerprint density at radius 3 is 2.67 bits per heavy atom. The number of oxazole rings is 1. The van der Waals surface area contributed by atoms with Crippen LogP contribution in [0, 0.1) is 0 Å². The highest BCUT2D eigenvalue weighted by Gasteiger charge is 2.10. The van der Waals surface area contributed by atoms with E-state index in [0.717, 1.165) is 5.56 Å². The van der Waals surface area contributed by atoms with Gasteiger partial charge in [-0.3, -0.25) is 5.26 Å². The van der Waals surface area contributed by atoms with E-state index in [4.69, 9.17) is 19.1 Å². The Bertz CT molecular complexity index is 523. The lowest BCUT2D eigenvalue weighted by Gasteiger charge is -2.07. The maximum atomic E-state index is 8.33. The smallest absolute Gasteiger partial charge is 0.226 e. The van der Waals surface area contributed by atoms with Gasteiger partial charge in [0.15, 0.2) is 17.3 Å². The van der Waals surface area contributed by atoms with Gasteiger partial charge in [0, 0.05) is 5.56 Å². The molecule has 96 valence electrons. The molecule has 0 aliphatic rings. The number of rotatable bonds is 5. The number of aromatic nitrogens is 1. The van der Waals surface area contributed by atoms with Crippen LogP contribution in [0.2, 0.25) is 0 Å². The van der Waals surface area contributed by atoms with Crippen molar-refractivity contribution in [3.05, 3.63) is 30.2 Å². The fourth-order valence-corrected chi connectivity index (χ4v) is 1.54. The summed E-state index contributed by atoms with van der Waals surface area (Å²) in [5.74, 6) is 2.07. The molecule has 0 spiro atoms. The molecule has 2 aromatic rings. The quantitative estimate of drug-likeness (QED) is 0.649. The van der Waals surface area contributed by atoms with Gasteiger partial charge in [0.2, 0.25) is 5.89 Å². The molecule has 2 rings (SSSR count). The van der Waals surface area contributed by atoms with E-state index in [1.165, 1.54) is 6.20 Å². The molecule has 1 aromatic carbocycles. The molecule has 0 saturated carbocycles. The molecule has 1 N–H and O–H groups in total. The van der Waals surface area contributed by atoms with Crippen molar-refractivity contribution >= 4 is 0 Å². The maximum Gasteiger partial charge on any atom is 0.226 e. The van der Waals surface area contributed by atoms with Gasteiger partial charge in [-0.25, -0.2) is 9.87 Å². The van der Waals surface area contributed by atoms with Crippen LogP contribution in [0.3, 0.4) is 0 Å². The molecule has 0 atom stereocenters. The molecule has 0 saturated heterocycles. The van der Waals surface area contributed by atoms with Crippen molar-refractivity contribution in [2.24, 2.45) is 0 Å². The van der Waals surface area contributed by atoms with Gasteiger partial charge in [-0.05, 0) is 18.2 Å². The first-order valence-electron chi connectivity index (χ1n) is 5.22. The first-order valence-corrected chi connectivity index (χ1v) is 5.22. The molecule has 0 fully saturated rings. The first-order chi connectivity index (χ1) is 8.78. The summed E-state index contributed by atoms with van der Waals surface area (Å²) < 4.78 is 15.7. The van der Waals surface area contributed by atoms with Crippen molar-refractivity contribution in [3.8, 4) is 23.0 Å². The summed E-state index contributed by atoms with van der Waals surface area (Å²) in [6.45, 7) is -0.0414. The van der Waals surface area contributed by atoms with E-state index >= 15 is 0 Å². The summed E-state index contributed by atoms with van der Waals surface area (Å²) >= 11 is 0. The van der Waals surface area contributed by atoms with Crippen LogP contribution in [0.5, 0.6) is 11.5 Å². The van der Waals surface area contributed by atoms with Gasteiger partial charge >= 0.3 is 0 Å². The van der Waals surface area contributed by atoms with Crippen LogP contribution < -0.4 is 9.47 Å². The lowest BCUT2D eigenvalue weighted by Crippen LogP contribution is -1.90. The Hall–Kier alpha value is -2.05. The second-order valence-corrected chi connectivity index (χ2v) is 3.47. The minimum atomic E-state index is -0.0414. The Morgan fingerprint density at radius 2 is 2.00 bits per heavy atom. The van der Waals surface area contributed by atoms with Gasteiger partial charge in [-0.2, -0.15) is 0 Å². The molecular formula is C12H13NO5. The molecule has 18 heavy (non-hydrogen) atoms. The standard InChI is InChI=1S/C12H13NO5/c1-15-10-4-3-8(5-11(10)16-2)12-13-6-9(18-12)7-17-14/h3-6,14H,7H2,1-2H3. The highest BCUT2D eigenvalue weighted by Crippen LogP contribution is 2.31. The van der Waals surface area contributed by atoms with Crippen LogP contribution in [0.25, 0.3) is 11.5 Å². The largest absolute Gasteiger partial charge is 0.493 e. The molecule has 0 radical (unpaired) electrons. The van der Waals surface area contributed by atoms with Crippen LogP contribution >= 0.6 is 0 Å². The van der Waals surface area contributed by atoms with E-state index in [0.29, 0.717) is 23.1 Å². The van der Waals surface area contributed by atoms with Crippen LogP contribution in [0.15, 0.2) is 28.8 Å². The van der Waals surface area contributed by atoms with Gasteiger partial charge in [0.05, 0.1) is 20.4 Å². The van der Waals surface area contributed by atoms with Gasteiger partial charge in [0.25, 0.3) is 0 Å². The zero-order valence-electron chi connectivity index (χ0n) is 10.0. The van der Waals surface area contributed by atoms with E-state index in [1.807, 2.05) is 0 Å². The Kier molecular flexibility index (Phi) is 3.81. The molecule has 0 aliphatic heterocycles. The number of hydrogen-bond acceptors (Lipinski definition) is 6. The molecule has 6 heteroatoms. The van der Waals surface area contributed by atoms with Crippen molar-refractivity contribution in [2.45, 2.75) is 6.61 Å². The van der Waals surface area contributed by atoms with Crippen molar-refractivity contribution in [2.75, 3.05) is 14.2 Å². The van der Waals surface area contributed by atoms with Crippen molar-refractivity contribution in [1.29, 1.82) is 0 Å². The average Bonchev–Trinajstić information content (AvgIpc) is 2.87. The van der Waals surface area contributed by atoms with E-state index in [9.17, 15) is 0 Å². The third-order valence-corrected chi connectivity index (χ3v) is 2.39. The van der Waals surface area contributed by atoms with Crippen molar-refractivity contribution in [3.63, 3.8) is 0 Å². The Balaban J connectivity index is 2.31. The predicted octanol–water partition coefficient (Wildman–Crippen LogP) is 2.35. The highest BCUT2D eigenvalue weighted by molar-refractivity contribution is 5.59. The monoisotopic (exact) mass is 251 g/mol. The second-order valence-electron chi connectivity index (χ2n) is 3.47. The van der Waals surface area contributed by atoms with Crippen LogP contribution in [-0.2, 0) is 11.5 Å². The van der Waals surface area contributed by atoms with Gasteiger partial charge in [-0.1, -0.05) is 0 Å². The molecule has 0 bridgehead atoms. The minimum absolute atomic E-state index is 0.0414. The summed E-state index contributed by atoms with van der Waals surface area (Å²) in [7, 11) is 3.13. The lowest BCUT2D eigenvalue weighted by atomic mass is 10.2. The van der Waals surface area contributed by atoms with Crippen molar-refractivity contribution < 1.29 is 24.0 Å². The molecule has 0 unspecified atom stereocenters. The minimum Gasteiger partial charge on any atom is -0.493 e. The van der Waals surface area contributed by atoms with E-state index < -0.39 is 0 Å². The number of hydrogen-bond donors (Lipinski definition) is 1. The molecule has 0 aliphatic carbocycles. The summed E-state index contributed by atoms with van der Waals surface area (Å²) in [5, 5.41) is 8.33. The maximum absolute atomic E-state index is 8.33. The molecule has 0 amide bonds. The highest BCUT2D eigenvalue weighted by atomic mass is 17.1. The number of ether oxygens (including phenoxy) is 2. The molecule has 6 nitrogen and oxygen atoms in total. The van der Waals surface area contributed by atoms with Crippen LogP contribution in [0.1, 0.15) is 5.76 Å². The summed E-state index contributed by atoms with van der Waals surface area (Å²) in [6, 6.07) is 5.33. The Morgan fingerprint density at radius 1 is 1.22 bits per heavy atom. The first kappa shape index (κ1) is 12.4. The predicted molar refractivity (Wildman–Crippen MR) is 62.5 cm³/mol.